The van der Waals surface area contributed by atoms with E-state index >= 15 is 0 Å². The maximum atomic E-state index is 12.5. The number of anilines is 1. The summed E-state index contributed by atoms with van der Waals surface area (Å²) >= 11 is 0. The zero-order valence-corrected chi connectivity index (χ0v) is 11.8. The third kappa shape index (κ3) is 2.50. The van der Waals surface area contributed by atoms with Crippen molar-refractivity contribution >= 4 is 11.7 Å². The van der Waals surface area contributed by atoms with Gasteiger partial charge in [-0.05, 0) is 36.8 Å². The molecule has 2 aliphatic rings. The number of nitrogens with two attached hydrogens (primary N) is 1. The summed E-state index contributed by atoms with van der Waals surface area (Å²) in [5.74, 6) is 5.91. The number of rotatable bonds is 2. The predicted molar refractivity (Wildman–Crippen MR) is 78.1 cm³/mol. The summed E-state index contributed by atoms with van der Waals surface area (Å²) in [6, 6.07) is 5.32. The van der Waals surface area contributed by atoms with E-state index in [-0.39, 0.29) is 5.91 Å². The zero-order valence-electron chi connectivity index (χ0n) is 11.8. The third-order valence-corrected chi connectivity index (χ3v) is 4.76. The van der Waals surface area contributed by atoms with Gasteiger partial charge in [0.1, 0.15) is 11.5 Å². The van der Waals surface area contributed by atoms with Crippen molar-refractivity contribution in [2.24, 2.45) is 11.3 Å². The first-order valence-corrected chi connectivity index (χ1v) is 7.45. The third-order valence-electron chi connectivity index (χ3n) is 4.76. The summed E-state index contributed by atoms with van der Waals surface area (Å²) in [6.45, 7) is 1.76. The molecule has 108 valence electrons. The number of nitrogens with one attached hydrogen (secondary N) is 1. The first-order chi connectivity index (χ1) is 9.72. The van der Waals surface area contributed by atoms with Crippen molar-refractivity contribution in [3.05, 3.63) is 23.9 Å². The van der Waals surface area contributed by atoms with Crippen LogP contribution in [0, 0.1) is 5.41 Å². The monoisotopic (exact) mass is 274 g/mol. The molecule has 0 aromatic carbocycles. The van der Waals surface area contributed by atoms with Crippen molar-refractivity contribution in [3.8, 4) is 0 Å². The lowest BCUT2D eigenvalue weighted by molar-refractivity contribution is 0.0753. The number of likely N-dealkylation sites (tertiary alicyclic amines) is 1. The fourth-order valence-electron chi connectivity index (χ4n) is 3.61. The molecule has 0 radical (unpaired) electrons. The molecule has 1 saturated carbocycles. The lowest BCUT2D eigenvalue weighted by atomic mass is 9.73. The minimum absolute atomic E-state index is 0.0320. The van der Waals surface area contributed by atoms with Gasteiger partial charge in [0.05, 0.1) is 0 Å². The number of carbonyl (C=O) groups excluding carboxylic acids is 1. The number of nitrogens with zero attached hydrogens (tertiary/aromatic N) is 2. The number of pyridine rings is 1. The predicted octanol–water partition coefficient (Wildman–Crippen LogP) is 2.16. The van der Waals surface area contributed by atoms with Gasteiger partial charge in [0.15, 0.2) is 0 Å². The Labute approximate surface area is 119 Å². The average Bonchev–Trinajstić information content (AvgIpc) is 2.91. The van der Waals surface area contributed by atoms with Gasteiger partial charge in [0.25, 0.3) is 5.91 Å². The molecular formula is C15H22N4O. The first kappa shape index (κ1) is 13.4. The van der Waals surface area contributed by atoms with Crippen LogP contribution < -0.4 is 11.3 Å². The van der Waals surface area contributed by atoms with Crippen LogP contribution >= 0.6 is 0 Å². The molecule has 1 aromatic rings. The van der Waals surface area contributed by atoms with Crippen LogP contribution in [0.1, 0.15) is 49.0 Å². The molecule has 3 rings (SSSR count). The number of carbonyl (C=O) groups is 1. The molecule has 1 spiro atoms. The van der Waals surface area contributed by atoms with Crippen molar-refractivity contribution < 1.29 is 4.79 Å². The summed E-state index contributed by atoms with van der Waals surface area (Å²) in [5, 5.41) is 0. The molecule has 5 nitrogen and oxygen atoms in total. The minimum Gasteiger partial charge on any atom is -0.337 e. The summed E-state index contributed by atoms with van der Waals surface area (Å²) in [4.78, 5) is 18.7. The van der Waals surface area contributed by atoms with E-state index in [0.29, 0.717) is 16.9 Å². The van der Waals surface area contributed by atoms with Crippen LogP contribution in [0.5, 0.6) is 0 Å². The van der Waals surface area contributed by atoms with Crippen molar-refractivity contribution in [1.29, 1.82) is 0 Å². The Hall–Kier alpha value is -1.62. The fraction of sp³-hybridized carbons (Fsp3) is 0.600. The highest BCUT2D eigenvalue weighted by Crippen LogP contribution is 2.43. The van der Waals surface area contributed by atoms with Crippen molar-refractivity contribution in [2.75, 3.05) is 18.5 Å². The molecule has 1 aliphatic heterocycles. The van der Waals surface area contributed by atoms with E-state index < -0.39 is 0 Å². The second kappa shape index (κ2) is 5.40. The van der Waals surface area contributed by atoms with Gasteiger partial charge in [0.2, 0.25) is 0 Å². The number of hydrazine groups is 1. The maximum absolute atomic E-state index is 12.5. The molecule has 0 bridgehead atoms. The maximum Gasteiger partial charge on any atom is 0.272 e. The molecule has 20 heavy (non-hydrogen) atoms. The van der Waals surface area contributed by atoms with Crippen molar-refractivity contribution in [2.45, 2.75) is 38.5 Å². The molecule has 5 heteroatoms. The Morgan fingerprint density at radius 2 is 2.05 bits per heavy atom. The second-order valence-electron chi connectivity index (χ2n) is 6.09. The lowest BCUT2D eigenvalue weighted by Crippen LogP contribution is -2.33. The van der Waals surface area contributed by atoms with E-state index in [1.54, 1.807) is 12.1 Å². The average molecular weight is 274 g/mol. The van der Waals surface area contributed by atoms with Crippen LogP contribution in [0.15, 0.2) is 18.2 Å². The first-order valence-electron chi connectivity index (χ1n) is 7.45. The number of amides is 1. The van der Waals surface area contributed by atoms with Crippen LogP contribution in [0.25, 0.3) is 0 Å². The molecule has 1 aromatic heterocycles. The van der Waals surface area contributed by atoms with Gasteiger partial charge in [0, 0.05) is 13.1 Å². The van der Waals surface area contributed by atoms with Crippen LogP contribution in [0.4, 0.5) is 5.82 Å². The Morgan fingerprint density at radius 1 is 1.25 bits per heavy atom. The number of aromatic nitrogens is 1. The van der Waals surface area contributed by atoms with E-state index in [1.165, 1.54) is 32.1 Å². The van der Waals surface area contributed by atoms with E-state index in [2.05, 4.69) is 10.4 Å². The Balaban J connectivity index is 1.72. The SMILES string of the molecule is NNc1cccc(C(=O)N2CCC3(CCCCC3)C2)n1. The molecule has 1 aliphatic carbocycles. The van der Waals surface area contributed by atoms with Crippen molar-refractivity contribution in [1.82, 2.24) is 9.88 Å². The number of hydrogen-bond acceptors (Lipinski definition) is 4. The lowest BCUT2D eigenvalue weighted by Gasteiger charge is -2.33. The van der Waals surface area contributed by atoms with Gasteiger partial charge >= 0.3 is 0 Å². The van der Waals surface area contributed by atoms with Crippen LogP contribution in [-0.4, -0.2) is 28.9 Å². The molecule has 2 heterocycles. The van der Waals surface area contributed by atoms with Gasteiger partial charge in [-0.15, -0.1) is 0 Å². The van der Waals surface area contributed by atoms with E-state index in [4.69, 9.17) is 5.84 Å². The summed E-state index contributed by atoms with van der Waals surface area (Å²) in [6.07, 6.45) is 7.66. The largest absolute Gasteiger partial charge is 0.337 e. The Kier molecular flexibility index (Phi) is 3.61. The highest BCUT2D eigenvalue weighted by atomic mass is 16.2. The summed E-state index contributed by atoms with van der Waals surface area (Å²) in [7, 11) is 0. The van der Waals surface area contributed by atoms with Crippen LogP contribution in [0.3, 0.4) is 0 Å². The van der Waals surface area contributed by atoms with Crippen molar-refractivity contribution in [3.63, 3.8) is 0 Å². The molecule has 1 saturated heterocycles. The quantitative estimate of drug-likeness (QED) is 0.640. The number of hydrogen-bond donors (Lipinski definition) is 2. The molecule has 0 unspecified atom stereocenters. The second-order valence-corrected chi connectivity index (χ2v) is 6.09. The van der Waals surface area contributed by atoms with Crippen LogP contribution in [0.2, 0.25) is 0 Å². The Bertz CT molecular complexity index is 496. The topological polar surface area (TPSA) is 71.2 Å². The highest BCUT2D eigenvalue weighted by Gasteiger charge is 2.40. The smallest absolute Gasteiger partial charge is 0.272 e. The number of nitrogen functional groups attached to an aromatic ring is 1. The standard InChI is InChI=1S/C15H22N4O/c16-18-13-6-4-5-12(17-13)14(20)19-10-9-15(11-19)7-2-1-3-8-15/h4-6H,1-3,7-11,16H2,(H,17,18). The Morgan fingerprint density at radius 3 is 2.80 bits per heavy atom. The summed E-state index contributed by atoms with van der Waals surface area (Å²) < 4.78 is 0. The van der Waals surface area contributed by atoms with Gasteiger partial charge < -0.3 is 10.3 Å². The molecule has 2 fully saturated rings. The molecule has 1 amide bonds. The van der Waals surface area contributed by atoms with E-state index in [1.807, 2.05) is 11.0 Å². The van der Waals surface area contributed by atoms with E-state index in [0.717, 1.165) is 19.5 Å². The highest BCUT2D eigenvalue weighted by molar-refractivity contribution is 5.92. The minimum atomic E-state index is 0.0320. The molecule has 0 atom stereocenters. The van der Waals surface area contributed by atoms with Gasteiger partial charge in [-0.3, -0.25) is 4.79 Å². The van der Waals surface area contributed by atoms with E-state index in [9.17, 15) is 4.79 Å². The summed E-state index contributed by atoms with van der Waals surface area (Å²) in [5.41, 5.74) is 3.35. The molecule has 3 N–H and O–H groups in total. The van der Waals surface area contributed by atoms with Gasteiger partial charge in [-0.25, -0.2) is 10.8 Å². The normalized spacial score (nSPS) is 21.1. The van der Waals surface area contributed by atoms with Crippen LogP contribution in [-0.2, 0) is 0 Å². The zero-order chi connectivity index (χ0) is 14.0. The van der Waals surface area contributed by atoms with Gasteiger partial charge in [-0.1, -0.05) is 25.3 Å². The fourth-order valence-corrected chi connectivity index (χ4v) is 3.61. The van der Waals surface area contributed by atoms with Gasteiger partial charge in [-0.2, -0.15) is 0 Å². The molecular weight excluding hydrogens is 252 g/mol.